The number of hydrogen-bond acceptors (Lipinski definition) is 11. The van der Waals surface area contributed by atoms with Crippen molar-refractivity contribution in [1.82, 2.24) is 0 Å². The number of benzene rings is 2. The van der Waals surface area contributed by atoms with E-state index >= 15 is 0 Å². The molecule has 5 aromatic rings. The van der Waals surface area contributed by atoms with Crippen molar-refractivity contribution in [3.63, 3.8) is 0 Å². The SMILES string of the molecule is CC(=O)COc1ccc2cc(C(=N)N)sc2c1.CCOC(=O)C(Oc1ccc2cc(C(=N)N)sc2c1)c1cccs1.O=C(O)C(F)(F)F. The van der Waals surface area contributed by atoms with Crippen molar-refractivity contribution in [2.45, 2.75) is 26.1 Å². The number of rotatable bonds is 10. The molecule has 3 aromatic heterocycles. The van der Waals surface area contributed by atoms with Gasteiger partial charge in [-0.3, -0.25) is 15.6 Å². The second-order valence-corrected chi connectivity index (χ2v) is 12.7. The number of ketones is 1. The van der Waals surface area contributed by atoms with E-state index in [1.165, 1.54) is 40.9 Å². The van der Waals surface area contributed by atoms with Crippen LogP contribution in [0.4, 0.5) is 13.2 Å². The average Bonchev–Trinajstić information content (AvgIpc) is 3.78. The molecule has 48 heavy (non-hydrogen) atoms. The Balaban J connectivity index is 0.000000226. The first-order chi connectivity index (χ1) is 22.6. The Morgan fingerprint density at radius 2 is 1.42 bits per heavy atom. The predicted octanol–water partition coefficient (Wildman–Crippen LogP) is 6.72. The van der Waals surface area contributed by atoms with Crippen LogP contribution in [0.5, 0.6) is 11.5 Å². The zero-order valence-electron chi connectivity index (χ0n) is 25.3. The van der Waals surface area contributed by atoms with E-state index in [1.54, 1.807) is 13.0 Å². The van der Waals surface area contributed by atoms with Crippen LogP contribution in [0.1, 0.15) is 34.6 Å². The van der Waals surface area contributed by atoms with Crippen molar-refractivity contribution in [2.75, 3.05) is 13.2 Å². The van der Waals surface area contributed by atoms with E-state index in [-0.39, 0.29) is 24.1 Å². The van der Waals surface area contributed by atoms with Crippen LogP contribution in [0, 0.1) is 10.8 Å². The second kappa shape index (κ2) is 16.7. The second-order valence-electron chi connectivity index (χ2n) is 9.51. The molecule has 0 aliphatic carbocycles. The van der Waals surface area contributed by atoms with Crippen molar-refractivity contribution < 1.29 is 46.9 Å². The van der Waals surface area contributed by atoms with Gasteiger partial charge < -0.3 is 30.8 Å². The summed E-state index contributed by atoms with van der Waals surface area (Å²) >= 11 is 4.31. The lowest BCUT2D eigenvalue weighted by Crippen LogP contribution is -2.21. The first kappa shape index (κ1) is 37.5. The van der Waals surface area contributed by atoms with E-state index in [9.17, 15) is 22.8 Å². The third kappa shape index (κ3) is 10.8. The summed E-state index contributed by atoms with van der Waals surface area (Å²) in [6.45, 7) is 3.63. The first-order valence-electron chi connectivity index (χ1n) is 13.6. The van der Waals surface area contributed by atoms with Gasteiger partial charge >= 0.3 is 18.1 Å². The molecule has 0 radical (unpaired) electrons. The number of ether oxygens (including phenoxy) is 3. The smallest absolute Gasteiger partial charge is 0.486 e. The van der Waals surface area contributed by atoms with Gasteiger partial charge in [0.2, 0.25) is 6.10 Å². The van der Waals surface area contributed by atoms with Crippen LogP contribution < -0.4 is 20.9 Å². The van der Waals surface area contributed by atoms with E-state index in [2.05, 4.69) is 0 Å². The normalized spacial score (nSPS) is 11.4. The maximum absolute atomic E-state index is 12.2. The van der Waals surface area contributed by atoms with Crippen LogP contribution >= 0.6 is 34.0 Å². The summed E-state index contributed by atoms with van der Waals surface area (Å²) in [4.78, 5) is 34.2. The van der Waals surface area contributed by atoms with Crippen LogP contribution in [0.3, 0.4) is 0 Å². The molecule has 0 spiro atoms. The minimum absolute atomic E-state index is 0.0132. The van der Waals surface area contributed by atoms with Crippen LogP contribution in [0.25, 0.3) is 20.2 Å². The number of aliphatic carboxylic acids is 1. The maximum atomic E-state index is 12.2. The number of carbonyl (C=O) groups excluding carboxylic acids is 2. The molecule has 2 aromatic carbocycles. The summed E-state index contributed by atoms with van der Waals surface area (Å²) in [5.41, 5.74) is 11.0. The van der Waals surface area contributed by atoms with Gasteiger partial charge in [0.25, 0.3) is 0 Å². The highest BCUT2D eigenvalue weighted by Crippen LogP contribution is 2.33. The molecule has 0 saturated heterocycles. The highest BCUT2D eigenvalue weighted by atomic mass is 32.1. The van der Waals surface area contributed by atoms with Gasteiger partial charge in [-0.2, -0.15) is 13.2 Å². The van der Waals surface area contributed by atoms with E-state index in [1.807, 2.05) is 60.0 Å². The number of carboxylic acid groups (broad SMARTS) is 1. The number of thiophene rings is 3. The monoisotopic (exact) mass is 722 g/mol. The zero-order valence-corrected chi connectivity index (χ0v) is 27.7. The molecule has 11 nitrogen and oxygen atoms in total. The number of alkyl halides is 3. The van der Waals surface area contributed by atoms with Crippen molar-refractivity contribution in [1.29, 1.82) is 10.8 Å². The molecule has 7 N–H and O–H groups in total. The Hall–Kier alpha value is -5.00. The van der Waals surface area contributed by atoms with Crippen LogP contribution in [-0.4, -0.2) is 53.9 Å². The van der Waals surface area contributed by atoms with Gasteiger partial charge in [0.05, 0.1) is 21.2 Å². The molecule has 0 aliphatic heterocycles. The molecule has 0 amide bonds. The van der Waals surface area contributed by atoms with Crippen LogP contribution in [0.15, 0.2) is 66.0 Å². The molecular formula is C31H29F3N4O7S3. The fourth-order valence-electron chi connectivity index (χ4n) is 3.65. The fraction of sp³-hybridized carbons (Fsp3) is 0.194. The molecule has 1 atom stereocenters. The molecule has 0 saturated carbocycles. The lowest BCUT2D eigenvalue weighted by atomic mass is 10.2. The minimum Gasteiger partial charge on any atom is -0.486 e. The standard InChI is InChI=1S/C17H16N2O3S2.C12H12N2O2S.C2HF3O2/c1-2-21-17(20)15(12-4-3-7-23-12)22-11-6-5-10-8-14(16(18)19)24-13(10)9-11;1-7(15)6-16-9-3-2-8-4-11(12(13)14)17-10(8)5-9;3-2(4,5)1(6)7/h3-9,15H,2H2,1H3,(H3,18,19);2-5H,6H2,1H3,(H3,13,14);(H,6,7). The predicted molar refractivity (Wildman–Crippen MR) is 180 cm³/mol. The highest BCUT2D eigenvalue weighted by Gasteiger charge is 2.38. The molecule has 3 heterocycles. The number of carboxylic acids is 1. The molecule has 254 valence electrons. The number of Topliss-reactive ketones (excluding diaryl/α,β-unsaturated/α-hetero) is 1. The average molecular weight is 723 g/mol. The van der Waals surface area contributed by atoms with Crippen LogP contribution in [0.2, 0.25) is 0 Å². The summed E-state index contributed by atoms with van der Waals surface area (Å²) < 4.78 is 50.0. The maximum Gasteiger partial charge on any atom is 0.490 e. The fourth-order valence-corrected chi connectivity index (χ4v) is 6.30. The molecule has 1 unspecified atom stereocenters. The summed E-state index contributed by atoms with van der Waals surface area (Å²) in [7, 11) is 0. The quantitative estimate of drug-likeness (QED) is 0.0590. The van der Waals surface area contributed by atoms with Gasteiger partial charge in [0.15, 0.2) is 5.78 Å². The molecule has 0 bridgehead atoms. The van der Waals surface area contributed by atoms with Crippen molar-refractivity contribution in [3.8, 4) is 11.5 Å². The first-order valence-corrected chi connectivity index (χ1v) is 16.1. The number of esters is 1. The number of nitrogens with one attached hydrogen (secondary N) is 2. The van der Waals surface area contributed by atoms with E-state index < -0.39 is 24.2 Å². The Kier molecular flexibility index (Phi) is 13.0. The van der Waals surface area contributed by atoms with Gasteiger partial charge in [-0.15, -0.1) is 34.0 Å². The van der Waals surface area contributed by atoms with Crippen molar-refractivity contribution in [3.05, 3.63) is 80.7 Å². The Morgan fingerprint density at radius 1 is 0.896 bits per heavy atom. The Labute approximate surface area is 283 Å². The third-order valence-electron chi connectivity index (χ3n) is 5.75. The number of amidine groups is 2. The largest absolute Gasteiger partial charge is 0.490 e. The van der Waals surface area contributed by atoms with Gasteiger partial charge in [0.1, 0.15) is 29.8 Å². The molecule has 0 fully saturated rings. The van der Waals surface area contributed by atoms with Gasteiger partial charge in [0, 0.05) is 9.40 Å². The number of carbonyl (C=O) groups is 3. The topological polar surface area (TPSA) is 199 Å². The van der Waals surface area contributed by atoms with Crippen molar-refractivity contribution >= 4 is 83.6 Å². The lowest BCUT2D eigenvalue weighted by molar-refractivity contribution is -0.192. The van der Waals surface area contributed by atoms with E-state index in [0.29, 0.717) is 23.0 Å². The number of fused-ring (bicyclic) bond motifs is 2. The zero-order chi connectivity index (χ0) is 35.6. The molecule has 0 aliphatic rings. The Morgan fingerprint density at radius 3 is 1.85 bits per heavy atom. The Bertz CT molecular complexity index is 1920. The lowest BCUT2D eigenvalue weighted by Gasteiger charge is -2.16. The highest BCUT2D eigenvalue weighted by molar-refractivity contribution is 7.21. The van der Waals surface area contributed by atoms with E-state index in [4.69, 9.17) is 46.4 Å². The summed E-state index contributed by atoms with van der Waals surface area (Å²) in [5, 5.41) is 25.9. The van der Waals surface area contributed by atoms with Gasteiger partial charge in [-0.05, 0) is 84.6 Å². The van der Waals surface area contributed by atoms with Gasteiger partial charge in [-0.1, -0.05) is 6.07 Å². The third-order valence-corrected chi connectivity index (χ3v) is 8.93. The summed E-state index contributed by atoms with van der Waals surface area (Å²) in [5.74, 6) is -1.83. The summed E-state index contributed by atoms with van der Waals surface area (Å²) in [6, 6.07) is 18.6. The molecule has 5 rings (SSSR count). The number of halogens is 3. The number of hydrogen-bond donors (Lipinski definition) is 5. The minimum atomic E-state index is -5.08. The van der Waals surface area contributed by atoms with Gasteiger partial charge in [-0.25, -0.2) is 9.59 Å². The van der Waals surface area contributed by atoms with E-state index in [0.717, 1.165) is 29.9 Å². The molecule has 17 heteroatoms. The number of nitrogen functional groups attached to an aromatic ring is 2. The summed E-state index contributed by atoms with van der Waals surface area (Å²) in [6.07, 6.45) is -5.87. The molecular weight excluding hydrogens is 694 g/mol. The van der Waals surface area contributed by atoms with Crippen LogP contribution in [-0.2, 0) is 19.1 Å². The number of nitrogens with two attached hydrogens (primary N) is 2. The van der Waals surface area contributed by atoms with Crippen molar-refractivity contribution in [2.24, 2.45) is 11.5 Å².